The summed E-state index contributed by atoms with van der Waals surface area (Å²) in [6.07, 6.45) is 3.15. The molecule has 0 saturated heterocycles. The van der Waals surface area contributed by atoms with Gasteiger partial charge in [0, 0.05) is 5.57 Å². The molecule has 0 aliphatic carbocycles. The predicted molar refractivity (Wildman–Crippen MR) is 36.3 cm³/mol. The SMILES string of the molecule is CC/C=C(\CC)C(=O)O. The Balaban J connectivity index is 3.98. The summed E-state index contributed by atoms with van der Waals surface area (Å²) in [4.78, 5) is 10.3. The number of rotatable bonds is 3. The van der Waals surface area contributed by atoms with Gasteiger partial charge in [0.1, 0.15) is 0 Å². The van der Waals surface area contributed by atoms with Crippen molar-refractivity contribution in [3.8, 4) is 0 Å². The fourth-order valence-electron chi connectivity index (χ4n) is 0.629. The summed E-state index contributed by atoms with van der Waals surface area (Å²) in [5, 5.41) is 8.44. The van der Waals surface area contributed by atoms with Crippen LogP contribution in [0.2, 0.25) is 0 Å². The lowest BCUT2D eigenvalue weighted by Crippen LogP contribution is -1.98. The van der Waals surface area contributed by atoms with Crippen LogP contribution in [0.4, 0.5) is 0 Å². The topological polar surface area (TPSA) is 37.3 Å². The maximum absolute atomic E-state index is 10.3. The van der Waals surface area contributed by atoms with E-state index in [2.05, 4.69) is 0 Å². The molecule has 0 aromatic heterocycles. The van der Waals surface area contributed by atoms with Gasteiger partial charge in [0.05, 0.1) is 0 Å². The van der Waals surface area contributed by atoms with Crippen LogP contribution < -0.4 is 0 Å². The Morgan fingerprint density at radius 2 is 2.11 bits per heavy atom. The van der Waals surface area contributed by atoms with Crippen molar-refractivity contribution in [2.24, 2.45) is 0 Å². The molecule has 9 heavy (non-hydrogen) atoms. The molecule has 0 fully saturated rings. The zero-order chi connectivity index (χ0) is 7.28. The van der Waals surface area contributed by atoms with Crippen molar-refractivity contribution in [1.29, 1.82) is 0 Å². The van der Waals surface area contributed by atoms with Gasteiger partial charge in [-0.25, -0.2) is 4.79 Å². The molecule has 0 amide bonds. The first-order chi connectivity index (χ1) is 4.22. The van der Waals surface area contributed by atoms with E-state index in [4.69, 9.17) is 5.11 Å². The summed E-state index contributed by atoms with van der Waals surface area (Å²) < 4.78 is 0. The minimum absolute atomic E-state index is 0.512. The van der Waals surface area contributed by atoms with Gasteiger partial charge in [-0.1, -0.05) is 19.9 Å². The van der Waals surface area contributed by atoms with Crippen LogP contribution in [-0.4, -0.2) is 11.1 Å². The van der Waals surface area contributed by atoms with Crippen LogP contribution in [0.1, 0.15) is 26.7 Å². The molecule has 0 aromatic rings. The van der Waals surface area contributed by atoms with Crippen molar-refractivity contribution in [1.82, 2.24) is 0 Å². The first-order valence-corrected chi connectivity index (χ1v) is 3.14. The Morgan fingerprint density at radius 3 is 2.22 bits per heavy atom. The van der Waals surface area contributed by atoms with E-state index < -0.39 is 5.97 Å². The maximum Gasteiger partial charge on any atom is 0.331 e. The molecule has 0 saturated carbocycles. The van der Waals surface area contributed by atoms with Crippen LogP contribution in [0.15, 0.2) is 11.6 Å². The molecule has 0 heterocycles. The van der Waals surface area contributed by atoms with Gasteiger partial charge in [-0.3, -0.25) is 0 Å². The molecule has 0 atom stereocenters. The van der Waals surface area contributed by atoms with E-state index in [9.17, 15) is 4.79 Å². The lowest BCUT2D eigenvalue weighted by atomic mass is 10.2. The Kier molecular flexibility index (Phi) is 3.76. The zero-order valence-corrected chi connectivity index (χ0v) is 5.85. The summed E-state index contributed by atoms with van der Waals surface area (Å²) >= 11 is 0. The Bertz CT molecular complexity index is 125. The molecule has 0 unspecified atom stereocenters. The number of carbonyl (C=O) groups is 1. The predicted octanol–water partition coefficient (Wildman–Crippen LogP) is 1.82. The Labute approximate surface area is 55.2 Å². The van der Waals surface area contributed by atoms with Crippen molar-refractivity contribution in [3.63, 3.8) is 0 Å². The molecule has 0 rings (SSSR count). The summed E-state index contributed by atoms with van der Waals surface area (Å²) in [6, 6.07) is 0. The van der Waals surface area contributed by atoms with E-state index >= 15 is 0 Å². The van der Waals surface area contributed by atoms with E-state index in [-0.39, 0.29) is 0 Å². The van der Waals surface area contributed by atoms with Gasteiger partial charge < -0.3 is 5.11 Å². The molecular weight excluding hydrogens is 116 g/mol. The molecule has 0 spiro atoms. The standard InChI is InChI=1S/C7H12O2/c1-3-5-6(4-2)7(8)9/h5H,3-4H2,1-2H3,(H,8,9)/b6-5+. The van der Waals surface area contributed by atoms with E-state index in [1.54, 1.807) is 6.08 Å². The summed E-state index contributed by atoms with van der Waals surface area (Å²) in [5.74, 6) is -0.792. The van der Waals surface area contributed by atoms with Crippen LogP contribution in [0.5, 0.6) is 0 Å². The molecular formula is C7H12O2. The zero-order valence-electron chi connectivity index (χ0n) is 5.85. The first-order valence-electron chi connectivity index (χ1n) is 3.14. The number of hydrogen-bond donors (Lipinski definition) is 1. The van der Waals surface area contributed by atoms with Crippen molar-refractivity contribution in [3.05, 3.63) is 11.6 Å². The minimum Gasteiger partial charge on any atom is -0.478 e. The summed E-state index contributed by atoms with van der Waals surface area (Å²) in [6.45, 7) is 3.77. The highest BCUT2D eigenvalue weighted by Gasteiger charge is 2.00. The van der Waals surface area contributed by atoms with Crippen LogP contribution in [0, 0.1) is 0 Å². The lowest BCUT2D eigenvalue weighted by Gasteiger charge is -1.93. The van der Waals surface area contributed by atoms with Gasteiger partial charge in [0.15, 0.2) is 0 Å². The quantitative estimate of drug-likeness (QED) is 0.588. The highest BCUT2D eigenvalue weighted by Crippen LogP contribution is 2.00. The van der Waals surface area contributed by atoms with Gasteiger partial charge in [-0.05, 0) is 12.8 Å². The third kappa shape index (κ3) is 2.90. The molecule has 2 nitrogen and oxygen atoms in total. The molecule has 2 heteroatoms. The van der Waals surface area contributed by atoms with Crippen LogP contribution >= 0.6 is 0 Å². The van der Waals surface area contributed by atoms with Crippen molar-refractivity contribution < 1.29 is 9.90 Å². The van der Waals surface area contributed by atoms with Crippen LogP contribution in [0.25, 0.3) is 0 Å². The second kappa shape index (κ2) is 4.13. The van der Waals surface area contributed by atoms with E-state index in [1.807, 2.05) is 13.8 Å². The number of allylic oxidation sites excluding steroid dienone is 1. The third-order valence-electron chi connectivity index (χ3n) is 1.11. The largest absolute Gasteiger partial charge is 0.478 e. The van der Waals surface area contributed by atoms with E-state index in [1.165, 1.54) is 0 Å². The van der Waals surface area contributed by atoms with Gasteiger partial charge in [0.2, 0.25) is 0 Å². The maximum atomic E-state index is 10.3. The number of hydrogen-bond acceptors (Lipinski definition) is 1. The van der Waals surface area contributed by atoms with Gasteiger partial charge >= 0.3 is 5.97 Å². The van der Waals surface area contributed by atoms with Crippen LogP contribution in [0.3, 0.4) is 0 Å². The molecule has 0 aromatic carbocycles. The molecule has 1 N–H and O–H groups in total. The van der Waals surface area contributed by atoms with E-state index in [0.29, 0.717) is 12.0 Å². The molecule has 0 bridgehead atoms. The average Bonchev–Trinajstić information content (AvgIpc) is 1.82. The fourth-order valence-corrected chi connectivity index (χ4v) is 0.629. The van der Waals surface area contributed by atoms with Crippen molar-refractivity contribution >= 4 is 5.97 Å². The minimum atomic E-state index is -0.792. The molecule has 0 radical (unpaired) electrons. The average molecular weight is 128 g/mol. The van der Waals surface area contributed by atoms with Gasteiger partial charge in [-0.2, -0.15) is 0 Å². The summed E-state index contributed by atoms with van der Waals surface area (Å²) in [7, 11) is 0. The Hall–Kier alpha value is -0.790. The van der Waals surface area contributed by atoms with E-state index in [0.717, 1.165) is 6.42 Å². The number of carboxylic acids is 1. The summed E-state index contributed by atoms with van der Waals surface area (Å²) in [5.41, 5.74) is 0.512. The Morgan fingerprint density at radius 1 is 1.56 bits per heavy atom. The highest BCUT2D eigenvalue weighted by molar-refractivity contribution is 5.86. The molecule has 0 aliphatic rings. The fraction of sp³-hybridized carbons (Fsp3) is 0.571. The molecule has 52 valence electrons. The first kappa shape index (κ1) is 8.21. The number of carboxylic acid groups (broad SMARTS) is 1. The highest BCUT2D eigenvalue weighted by atomic mass is 16.4. The molecule has 0 aliphatic heterocycles. The van der Waals surface area contributed by atoms with Crippen molar-refractivity contribution in [2.75, 3.05) is 0 Å². The second-order valence-electron chi connectivity index (χ2n) is 1.80. The van der Waals surface area contributed by atoms with Gasteiger partial charge in [0.25, 0.3) is 0 Å². The normalized spacial score (nSPS) is 11.6. The van der Waals surface area contributed by atoms with Gasteiger partial charge in [-0.15, -0.1) is 0 Å². The third-order valence-corrected chi connectivity index (χ3v) is 1.11. The van der Waals surface area contributed by atoms with Crippen molar-refractivity contribution in [2.45, 2.75) is 26.7 Å². The van der Waals surface area contributed by atoms with Crippen LogP contribution in [-0.2, 0) is 4.79 Å². The second-order valence-corrected chi connectivity index (χ2v) is 1.80. The number of aliphatic carboxylic acids is 1. The monoisotopic (exact) mass is 128 g/mol. The smallest absolute Gasteiger partial charge is 0.331 e. The lowest BCUT2D eigenvalue weighted by molar-refractivity contribution is -0.132.